The monoisotopic (exact) mass is 313 g/mol. The standard InChI is InChI=1S/C11H6Cl3N5/c12-5-1-6(13)3-7(2-5)17-10-8-9(16-4-15-8)18-11(14)19-10/h1-4H,(H2,15,16,17,18,19). The van der Waals surface area contributed by atoms with E-state index in [4.69, 9.17) is 34.8 Å². The maximum absolute atomic E-state index is 5.94. The van der Waals surface area contributed by atoms with Gasteiger partial charge in [-0.2, -0.15) is 9.97 Å². The van der Waals surface area contributed by atoms with Gasteiger partial charge in [-0.1, -0.05) is 23.2 Å². The van der Waals surface area contributed by atoms with Gasteiger partial charge < -0.3 is 10.3 Å². The molecule has 96 valence electrons. The lowest BCUT2D eigenvalue weighted by Gasteiger charge is -2.07. The minimum absolute atomic E-state index is 0.107. The first-order chi connectivity index (χ1) is 9.11. The van der Waals surface area contributed by atoms with Gasteiger partial charge >= 0.3 is 0 Å². The number of rotatable bonds is 2. The van der Waals surface area contributed by atoms with Gasteiger partial charge in [0.25, 0.3) is 0 Å². The van der Waals surface area contributed by atoms with Gasteiger partial charge in [0.15, 0.2) is 11.5 Å². The van der Waals surface area contributed by atoms with E-state index >= 15 is 0 Å². The number of hydrogen-bond acceptors (Lipinski definition) is 4. The van der Waals surface area contributed by atoms with Crippen molar-refractivity contribution in [1.82, 2.24) is 19.9 Å². The molecule has 1 aromatic carbocycles. The maximum atomic E-state index is 5.94. The Kier molecular flexibility index (Phi) is 3.18. The molecular formula is C11H6Cl3N5. The maximum Gasteiger partial charge on any atom is 0.226 e. The summed E-state index contributed by atoms with van der Waals surface area (Å²) >= 11 is 17.7. The van der Waals surface area contributed by atoms with E-state index in [2.05, 4.69) is 25.3 Å². The average molecular weight is 315 g/mol. The second kappa shape index (κ2) is 4.85. The number of halogens is 3. The number of H-pyrrole nitrogens is 1. The Balaban J connectivity index is 2.07. The first-order valence-electron chi connectivity index (χ1n) is 5.21. The summed E-state index contributed by atoms with van der Waals surface area (Å²) in [5, 5.41) is 4.23. The van der Waals surface area contributed by atoms with E-state index in [1.165, 1.54) is 6.33 Å². The van der Waals surface area contributed by atoms with Crippen LogP contribution >= 0.6 is 34.8 Å². The quantitative estimate of drug-likeness (QED) is 0.700. The first-order valence-corrected chi connectivity index (χ1v) is 6.35. The summed E-state index contributed by atoms with van der Waals surface area (Å²) in [4.78, 5) is 15.1. The zero-order valence-corrected chi connectivity index (χ0v) is 11.6. The van der Waals surface area contributed by atoms with Crippen LogP contribution in [0, 0.1) is 0 Å². The van der Waals surface area contributed by atoms with Crippen LogP contribution in [0.3, 0.4) is 0 Å². The molecule has 3 aromatic rings. The van der Waals surface area contributed by atoms with Gasteiger partial charge in [-0.3, -0.25) is 0 Å². The van der Waals surface area contributed by atoms with Gasteiger partial charge in [0.1, 0.15) is 5.52 Å². The minimum atomic E-state index is 0.107. The molecular weight excluding hydrogens is 309 g/mol. The van der Waals surface area contributed by atoms with Gasteiger partial charge in [-0.25, -0.2) is 4.98 Å². The van der Waals surface area contributed by atoms with Crippen molar-refractivity contribution in [2.45, 2.75) is 0 Å². The van der Waals surface area contributed by atoms with Gasteiger partial charge in [0, 0.05) is 15.7 Å². The molecule has 0 saturated heterocycles. The predicted molar refractivity (Wildman–Crippen MR) is 76.4 cm³/mol. The van der Waals surface area contributed by atoms with Gasteiger partial charge in [-0.15, -0.1) is 0 Å². The molecule has 0 spiro atoms. The largest absolute Gasteiger partial charge is 0.340 e. The van der Waals surface area contributed by atoms with Crippen molar-refractivity contribution in [3.05, 3.63) is 39.9 Å². The third-order valence-corrected chi connectivity index (χ3v) is 2.99. The summed E-state index contributed by atoms with van der Waals surface area (Å²) in [6.45, 7) is 0. The number of anilines is 2. The van der Waals surface area contributed by atoms with Crippen LogP contribution in [0.5, 0.6) is 0 Å². The number of aromatic nitrogens is 4. The fourth-order valence-electron chi connectivity index (χ4n) is 1.66. The second-order valence-corrected chi connectivity index (χ2v) is 4.94. The highest BCUT2D eigenvalue weighted by Gasteiger charge is 2.09. The van der Waals surface area contributed by atoms with E-state index in [0.29, 0.717) is 32.7 Å². The van der Waals surface area contributed by atoms with Crippen LogP contribution in [0.15, 0.2) is 24.5 Å². The van der Waals surface area contributed by atoms with Gasteiger partial charge in [-0.05, 0) is 29.8 Å². The van der Waals surface area contributed by atoms with Crippen LogP contribution in [-0.4, -0.2) is 19.9 Å². The molecule has 0 aliphatic rings. The Morgan fingerprint density at radius 2 is 1.74 bits per heavy atom. The second-order valence-electron chi connectivity index (χ2n) is 3.73. The Bertz CT molecular complexity index is 735. The van der Waals surface area contributed by atoms with Crippen molar-refractivity contribution in [3.8, 4) is 0 Å². The molecule has 2 N–H and O–H groups in total. The van der Waals surface area contributed by atoms with Crippen LogP contribution in [-0.2, 0) is 0 Å². The molecule has 2 heterocycles. The van der Waals surface area contributed by atoms with Gasteiger partial charge in [0.2, 0.25) is 5.28 Å². The number of imidazole rings is 1. The Morgan fingerprint density at radius 3 is 2.47 bits per heavy atom. The number of aromatic amines is 1. The summed E-state index contributed by atoms with van der Waals surface area (Å²) in [7, 11) is 0. The van der Waals surface area contributed by atoms with Crippen molar-refractivity contribution in [2.24, 2.45) is 0 Å². The van der Waals surface area contributed by atoms with Crippen molar-refractivity contribution in [3.63, 3.8) is 0 Å². The lowest BCUT2D eigenvalue weighted by Crippen LogP contribution is -1.97. The van der Waals surface area contributed by atoms with Crippen LogP contribution < -0.4 is 5.32 Å². The molecule has 8 heteroatoms. The topological polar surface area (TPSA) is 66.5 Å². The Morgan fingerprint density at radius 1 is 1.00 bits per heavy atom. The summed E-state index contributed by atoms with van der Waals surface area (Å²) < 4.78 is 0. The van der Waals surface area contributed by atoms with Crippen molar-refractivity contribution in [1.29, 1.82) is 0 Å². The highest BCUT2D eigenvalue weighted by Crippen LogP contribution is 2.27. The fraction of sp³-hybridized carbons (Fsp3) is 0. The molecule has 0 aliphatic carbocycles. The lowest BCUT2D eigenvalue weighted by molar-refractivity contribution is 1.20. The molecule has 0 saturated carbocycles. The smallest absolute Gasteiger partial charge is 0.226 e. The van der Waals surface area contributed by atoms with Crippen molar-refractivity contribution < 1.29 is 0 Å². The van der Waals surface area contributed by atoms with E-state index in [0.717, 1.165) is 0 Å². The zero-order valence-electron chi connectivity index (χ0n) is 9.28. The van der Waals surface area contributed by atoms with Crippen LogP contribution in [0.25, 0.3) is 11.2 Å². The fourth-order valence-corrected chi connectivity index (χ4v) is 2.35. The number of benzene rings is 1. The molecule has 0 amide bonds. The molecule has 0 atom stereocenters. The third kappa shape index (κ3) is 2.58. The SMILES string of the molecule is Clc1cc(Cl)cc(Nc2nc(Cl)nc3nc[nH]c23)c1. The van der Waals surface area contributed by atoms with E-state index in [9.17, 15) is 0 Å². The molecule has 19 heavy (non-hydrogen) atoms. The molecule has 0 bridgehead atoms. The van der Waals surface area contributed by atoms with E-state index in [1.807, 2.05) is 0 Å². The molecule has 2 aromatic heterocycles. The summed E-state index contributed by atoms with van der Waals surface area (Å²) in [6.07, 6.45) is 1.52. The Hall–Kier alpha value is -1.56. The van der Waals surface area contributed by atoms with Crippen LogP contribution in [0.2, 0.25) is 15.3 Å². The van der Waals surface area contributed by atoms with Gasteiger partial charge in [0.05, 0.1) is 6.33 Å². The average Bonchev–Trinajstić information content (AvgIpc) is 2.75. The number of hydrogen-bond donors (Lipinski definition) is 2. The Labute approximate surface area is 122 Å². The first kappa shape index (κ1) is 12.5. The number of nitrogens with zero attached hydrogens (tertiary/aromatic N) is 3. The lowest BCUT2D eigenvalue weighted by atomic mass is 10.3. The van der Waals surface area contributed by atoms with E-state index in [1.54, 1.807) is 18.2 Å². The highest BCUT2D eigenvalue weighted by molar-refractivity contribution is 6.35. The predicted octanol–water partition coefficient (Wildman–Crippen LogP) is 4.06. The van der Waals surface area contributed by atoms with Crippen LogP contribution in [0.1, 0.15) is 0 Å². The summed E-state index contributed by atoms with van der Waals surface area (Å²) in [6, 6.07) is 5.10. The molecule has 0 fully saturated rings. The normalized spacial score (nSPS) is 10.9. The summed E-state index contributed by atoms with van der Waals surface area (Å²) in [5.41, 5.74) is 1.83. The van der Waals surface area contributed by atoms with E-state index < -0.39 is 0 Å². The molecule has 0 unspecified atom stereocenters. The van der Waals surface area contributed by atoms with E-state index in [-0.39, 0.29) is 5.28 Å². The molecule has 0 aliphatic heterocycles. The summed E-state index contributed by atoms with van der Waals surface area (Å²) in [5.74, 6) is 0.505. The molecule has 3 rings (SSSR count). The highest BCUT2D eigenvalue weighted by atomic mass is 35.5. The van der Waals surface area contributed by atoms with Crippen molar-refractivity contribution >= 4 is 57.5 Å². The van der Waals surface area contributed by atoms with Crippen molar-refractivity contribution in [2.75, 3.05) is 5.32 Å². The minimum Gasteiger partial charge on any atom is -0.340 e. The third-order valence-electron chi connectivity index (χ3n) is 2.38. The molecule has 5 nitrogen and oxygen atoms in total. The number of fused-ring (bicyclic) bond motifs is 1. The number of nitrogens with one attached hydrogen (secondary N) is 2. The molecule has 0 radical (unpaired) electrons. The van der Waals surface area contributed by atoms with Crippen LogP contribution in [0.4, 0.5) is 11.5 Å². The zero-order chi connectivity index (χ0) is 13.4.